The Kier molecular flexibility index (Phi) is 3.47. The van der Waals surface area contributed by atoms with Gasteiger partial charge in [-0.1, -0.05) is 45.4 Å². The smallest absolute Gasteiger partial charge is 0.165 e. The second-order valence-electron chi connectivity index (χ2n) is 5.95. The predicted octanol–water partition coefficient (Wildman–Crippen LogP) is 3.87. The molecular formula is C16H22O2. The molecule has 1 aliphatic rings. The van der Waals surface area contributed by atoms with E-state index >= 15 is 0 Å². The molecule has 0 aliphatic carbocycles. The Bertz CT molecular complexity index is 436. The van der Waals surface area contributed by atoms with Crippen molar-refractivity contribution in [3.63, 3.8) is 0 Å². The van der Waals surface area contributed by atoms with Gasteiger partial charge in [0.05, 0.1) is 0 Å². The van der Waals surface area contributed by atoms with Gasteiger partial charge in [-0.2, -0.15) is 0 Å². The number of aldehydes is 1. The van der Waals surface area contributed by atoms with E-state index in [0.29, 0.717) is 0 Å². The number of hydrogen-bond donors (Lipinski definition) is 0. The highest BCUT2D eigenvalue weighted by molar-refractivity contribution is 5.65. The van der Waals surface area contributed by atoms with E-state index in [2.05, 4.69) is 26.8 Å². The Hall–Kier alpha value is -1.31. The Morgan fingerprint density at radius 2 is 2.06 bits per heavy atom. The fourth-order valence-electron chi connectivity index (χ4n) is 2.95. The van der Waals surface area contributed by atoms with Crippen LogP contribution in [0.2, 0.25) is 0 Å². The van der Waals surface area contributed by atoms with Crippen molar-refractivity contribution in [2.75, 3.05) is 0 Å². The van der Waals surface area contributed by atoms with Crippen molar-refractivity contribution >= 4 is 6.29 Å². The molecule has 1 unspecified atom stereocenters. The van der Waals surface area contributed by atoms with Gasteiger partial charge < -0.3 is 4.74 Å². The van der Waals surface area contributed by atoms with E-state index in [1.165, 1.54) is 5.56 Å². The normalized spacial score (nSPS) is 25.1. The molecule has 1 atom stereocenters. The maximum Gasteiger partial charge on any atom is 0.165 e. The van der Waals surface area contributed by atoms with Crippen molar-refractivity contribution < 1.29 is 9.53 Å². The summed E-state index contributed by atoms with van der Waals surface area (Å²) in [6.07, 6.45) is 4.70. The molecule has 2 heteroatoms. The Morgan fingerprint density at radius 3 is 2.72 bits per heavy atom. The molecule has 2 nitrogen and oxygen atoms in total. The van der Waals surface area contributed by atoms with Gasteiger partial charge in [0.15, 0.2) is 11.9 Å². The first-order valence-corrected chi connectivity index (χ1v) is 6.78. The molecule has 0 saturated carbocycles. The molecule has 0 bridgehead atoms. The number of unbranched alkanes of at least 4 members (excludes halogenated alkanes) is 1. The third-order valence-corrected chi connectivity index (χ3v) is 3.84. The molecular weight excluding hydrogens is 224 g/mol. The first-order valence-electron chi connectivity index (χ1n) is 6.78. The molecule has 0 saturated heterocycles. The van der Waals surface area contributed by atoms with Crippen LogP contribution in [0.3, 0.4) is 0 Å². The second-order valence-corrected chi connectivity index (χ2v) is 5.95. The SMILES string of the molecule is CCCCC1(C=O)CC(C)(C)c2ccccc2O1. The van der Waals surface area contributed by atoms with Crippen LogP contribution < -0.4 is 4.74 Å². The van der Waals surface area contributed by atoms with E-state index in [1.54, 1.807) is 0 Å². The Balaban J connectivity index is 2.37. The molecule has 0 N–H and O–H groups in total. The van der Waals surface area contributed by atoms with Crippen molar-refractivity contribution in [1.82, 2.24) is 0 Å². The zero-order chi connectivity index (χ0) is 13.2. The average Bonchev–Trinajstić information content (AvgIpc) is 2.36. The molecule has 0 amide bonds. The van der Waals surface area contributed by atoms with Crippen LogP contribution in [0, 0.1) is 0 Å². The number of rotatable bonds is 4. The first kappa shape index (κ1) is 13.1. The lowest BCUT2D eigenvalue weighted by atomic mass is 9.71. The third kappa shape index (κ3) is 2.29. The Labute approximate surface area is 109 Å². The van der Waals surface area contributed by atoms with E-state index in [1.807, 2.05) is 18.2 Å². The number of hydrogen-bond acceptors (Lipinski definition) is 2. The molecule has 1 aliphatic heterocycles. The minimum absolute atomic E-state index is 0.0104. The van der Waals surface area contributed by atoms with E-state index in [-0.39, 0.29) is 5.41 Å². The van der Waals surface area contributed by atoms with Crippen LogP contribution in [0.15, 0.2) is 24.3 Å². The number of carbonyl (C=O) groups excluding carboxylic acids is 1. The highest BCUT2D eigenvalue weighted by atomic mass is 16.5. The van der Waals surface area contributed by atoms with Crippen molar-refractivity contribution in [2.45, 2.75) is 57.5 Å². The molecule has 0 fully saturated rings. The highest BCUT2D eigenvalue weighted by Gasteiger charge is 2.44. The van der Waals surface area contributed by atoms with Crippen LogP contribution in [0.25, 0.3) is 0 Å². The molecule has 0 radical (unpaired) electrons. The topological polar surface area (TPSA) is 26.3 Å². The molecule has 1 aromatic rings. The van der Waals surface area contributed by atoms with Gasteiger partial charge >= 0.3 is 0 Å². The van der Waals surface area contributed by atoms with Gasteiger partial charge in [0.2, 0.25) is 0 Å². The lowest BCUT2D eigenvalue weighted by Crippen LogP contribution is -2.47. The van der Waals surface area contributed by atoms with Crippen LogP contribution >= 0.6 is 0 Å². The summed E-state index contributed by atoms with van der Waals surface area (Å²) in [7, 11) is 0. The van der Waals surface area contributed by atoms with Gasteiger partial charge in [0, 0.05) is 6.42 Å². The number of para-hydroxylation sites is 1. The zero-order valence-electron chi connectivity index (χ0n) is 11.5. The van der Waals surface area contributed by atoms with Crippen molar-refractivity contribution in [3.8, 4) is 5.75 Å². The molecule has 2 rings (SSSR count). The number of ether oxygens (including phenoxy) is 1. The molecule has 0 spiro atoms. The van der Waals surface area contributed by atoms with Crippen LogP contribution in [-0.2, 0) is 10.2 Å². The minimum Gasteiger partial charge on any atom is -0.479 e. The van der Waals surface area contributed by atoms with Gasteiger partial charge in [-0.3, -0.25) is 4.79 Å². The van der Waals surface area contributed by atoms with E-state index in [9.17, 15) is 4.79 Å². The van der Waals surface area contributed by atoms with Gasteiger partial charge in [-0.05, 0) is 29.9 Å². The van der Waals surface area contributed by atoms with Gasteiger partial charge in [-0.15, -0.1) is 0 Å². The standard InChI is InChI=1S/C16H22O2/c1-4-5-10-16(12-17)11-15(2,3)13-8-6-7-9-14(13)18-16/h6-9,12H,4-5,10-11H2,1-3H3. The molecule has 98 valence electrons. The summed E-state index contributed by atoms with van der Waals surface area (Å²) in [5.74, 6) is 0.872. The minimum atomic E-state index is -0.631. The summed E-state index contributed by atoms with van der Waals surface area (Å²) in [5.41, 5.74) is 0.566. The predicted molar refractivity (Wildman–Crippen MR) is 73.0 cm³/mol. The van der Waals surface area contributed by atoms with Crippen LogP contribution in [0.4, 0.5) is 0 Å². The second kappa shape index (κ2) is 4.75. The summed E-state index contributed by atoms with van der Waals surface area (Å²) in [6, 6.07) is 8.07. The fraction of sp³-hybridized carbons (Fsp3) is 0.562. The number of benzene rings is 1. The van der Waals surface area contributed by atoms with Crippen molar-refractivity contribution in [2.24, 2.45) is 0 Å². The zero-order valence-corrected chi connectivity index (χ0v) is 11.5. The quantitative estimate of drug-likeness (QED) is 0.754. The van der Waals surface area contributed by atoms with Crippen LogP contribution in [0.5, 0.6) is 5.75 Å². The summed E-state index contributed by atoms with van der Waals surface area (Å²) in [5, 5.41) is 0. The largest absolute Gasteiger partial charge is 0.479 e. The van der Waals surface area contributed by atoms with Gasteiger partial charge in [0.1, 0.15) is 5.75 Å². The monoisotopic (exact) mass is 246 g/mol. The summed E-state index contributed by atoms with van der Waals surface area (Å²) in [4.78, 5) is 11.6. The van der Waals surface area contributed by atoms with Gasteiger partial charge in [-0.25, -0.2) is 0 Å². The molecule has 1 aromatic carbocycles. The maximum absolute atomic E-state index is 11.6. The maximum atomic E-state index is 11.6. The van der Waals surface area contributed by atoms with Crippen LogP contribution in [-0.4, -0.2) is 11.9 Å². The molecule has 0 aromatic heterocycles. The first-order chi connectivity index (χ1) is 8.53. The van der Waals surface area contributed by atoms with E-state index in [4.69, 9.17) is 4.74 Å². The summed E-state index contributed by atoms with van der Waals surface area (Å²) < 4.78 is 6.04. The van der Waals surface area contributed by atoms with Crippen molar-refractivity contribution in [3.05, 3.63) is 29.8 Å². The van der Waals surface area contributed by atoms with Gasteiger partial charge in [0.25, 0.3) is 0 Å². The highest BCUT2D eigenvalue weighted by Crippen LogP contribution is 2.45. The summed E-state index contributed by atoms with van der Waals surface area (Å²) >= 11 is 0. The van der Waals surface area contributed by atoms with E-state index in [0.717, 1.165) is 37.7 Å². The van der Waals surface area contributed by atoms with E-state index < -0.39 is 5.60 Å². The lowest BCUT2D eigenvalue weighted by Gasteiger charge is -2.43. The third-order valence-electron chi connectivity index (χ3n) is 3.84. The number of fused-ring (bicyclic) bond motifs is 1. The fourth-order valence-corrected chi connectivity index (χ4v) is 2.95. The van der Waals surface area contributed by atoms with Crippen LogP contribution in [0.1, 0.15) is 52.0 Å². The number of carbonyl (C=O) groups is 1. The average molecular weight is 246 g/mol. The summed E-state index contributed by atoms with van der Waals surface area (Å²) in [6.45, 7) is 6.53. The Morgan fingerprint density at radius 1 is 1.33 bits per heavy atom. The molecule has 18 heavy (non-hydrogen) atoms. The molecule has 1 heterocycles. The lowest BCUT2D eigenvalue weighted by molar-refractivity contribution is -0.125. The van der Waals surface area contributed by atoms with Crippen molar-refractivity contribution in [1.29, 1.82) is 0 Å².